The molecule has 0 spiro atoms. The Morgan fingerprint density at radius 2 is 1.60 bits per heavy atom. The third-order valence-corrected chi connectivity index (χ3v) is 9.84. The lowest BCUT2D eigenvalue weighted by atomic mass is 9.98. The topological polar surface area (TPSA) is 88.2 Å². The van der Waals surface area contributed by atoms with Crippen LogP contribution in [0.2, 0.25) is 0 Å². The van der Waals surface area contributed by atoms with Gasteiger partial charge in [-0.3, -0.25) is 14.4 Å². The lowest BCUT2D eigenvalue weighted by Crippen LogP contribution is -2.49. The first kappa shape index (κ1) is 32.2. The van der Waals surface area contributed by atoms with Crippen LogP contribution in [0.25, 0.3) is 0 Å². The van der Waals surface area contributed by atoms with Crippen LogP contribution in [0, 0.1) is 6.92 Å². The van der Waals surface area contributed by atoms with E-state index in [1.54, 1.807) is 42.3 Å². The normalized spacial score (nSPS) is 14.5. The predicted molar refractivity (Wildman–Crippen MR) is 189 cm³/mol. The fourth-order valence-electron chi connectivity index (χ4n) is 5.75. The van der Waals surface area contributed by atoms with E-state index >= 15 is 0 Å². The zero-order valence-corrected chi connectivity index (χ0v) is 28.6. The quantitative estimate of drug-likeness (QED) is 0.157. The van der Waals surface area contributed by atoms with Crippen molar-refractivity contribution >= 4 is 48.9 Å². The van der Waals surface area contributed by atoms with E-state index in [0.29, 0.717) is 41.7 Å². The lowest BCUT2D eigenvalue weighted by Gasteiger charge is -2.46. The number of amides is 1. The average molecular weight is 713 g/mol. The highest BCUT2D eigenvalue weighted by molar-refractivity contribution is 9.10. The molecule has 0 fully saturated rings. The van der Waals surface area contributed by atoms with E-state index in [4.69, 9.17) is 9.47 Å². The maximum Gasteiger partial charge on any atom is 0.262 e. The number of benzene rings is 5. The summed E-state index contributed by atoms with van der Waals surface area (Å²) in [5, 5.41) is 0. The maximum absolute atomic E-state index is 14.7. The second-order valence-electron chi connectivity index (χ2n) is 11.1. The molecule has 0 aromatic heterocycles. The van der Waals surface area contributed by atoms with Crippen LogP contribution in [0.1, 0.15) is 40.1 Å². The summed E-state index contributed by atoms with van der Waals surface area (Å²) >= 11 is 3.62. The van der Waals surface area contributed by atoms with Gasteiger partial charge in [0, 0.05) is 28.0 Å². The Balaban J connectivity index is 1.51. The summed E-state index contributed by atoms with van der Waals surface area (Å²) in [5.41, 5.74) is 4.75. The zero-order valence-electron chi connectivity index (χ0n) is 26.2. The van der Waals surface area contributed by atoms with E-state index in [1.165, 1.54) is 12.1 Å². The smallest absolute Gasteiger partial charge is 0.262 e. The molecule has 0 saturated carbocycles. The van der Waals surface area contributed by atoms with Crippen LogP contribution < -0.4 is 24.0 Å². The number of sulfonamides is 1. The second-order valence-corrected chi connectivity index (χ2v) is 13.7. The number of carbonyl (C=O) groups is 1. The molecule has 5 aromatic rings. The number of nitrogens with one attached hydrogen (secondary N) is 1. The third-order valence-electron chi connectivity index (χ3n) is 7.97. The summed E-state index contributed by atoms with van der Waals surface area (Å²) in [4.78, 5) is 18.5. The van der Waals surface area contributed by atoms with Gasteiger partial charge in [-0.15, -0.1) is 0 Å². The minimum atomic E-state index is -4.05. The van der Waals surface area contributed by atoms with Crippen LogP contribution in [0.4, 0.5) is 17.1 Å². The summed E-state index contributed by atoms with van der Waals surface area (Å²) in [6.07, 6.45) is -0.630. The SMILES string of the molecule is CCOc1ccc(NS(=O)(=O)c2ccc3c(c2)C(=O)N(c2ccc(C)cc2)[C@@H](c2cc(Br)ccc2OC)N3Cc2ccccc2)cc1. The molecule has 240 valence electrons. The number of fused-ring (bicyclic) bond motifs is 1. The molecule has 1 amide bonds. The summed E-state index contributed by atoms with van der Waals surface area (Å²) in [6, 6.07) is 34.8. The number of hydrogen-bond donors (Lipinski definition) is 1. The van der Waals surface area contributed by atoms with Crippen LogP contribution >= 0.6 is 15.9 Å². The minimum absolute atomic E-state index is 0.0273. The van der Waals surface area contributed by atoms with E-state index in [2.05, 4.69) is 25.6 Å². The van der Waals surface area contributed by atoms with Gasteiger partial charge in [-0.25, -0.2) is 8.42 Å². The van der Waals surface area contributed by atoms with Gasteiger partial charge >= 0.3 is 0 Å². The highest BCUT2D eigenvalue weighted by Gasteiger charge is 2.41. The largest absolute Gasteiger partial charge is 0.496 e. The second kappa shape index (κ2) is 13.5. The zero-order chi connectivity index (χ0) is 33.1. The highest BCUT2D eigenvalue weighted by Crippen LogP contribution is 2.46. The third kappa shape index (κ3) is 6.70. The van der Waals surface area contributed by atoms with Crippen molar-refractivity contribution < 1.29 is 22.7 Å². The summed E-state index contributed by atoms with van der Waals surface area (Å²) in [5.74, 6) is 0.919. The van der Waals surface area contributed by atoms with Crippen molar-refractivity contribution in [1.82, 2.24) is 0 Å². The van der Waals surface area contributed by atoms with Crippen molar-refractivity contribution in [1.29, 1.82) is 0 Å². The molecule has 0 bridgehead atoms. The first-order valence-corrected chi connectivity index (χ1v) is 17.4. The number of ether oxygens (including phenoxy) is 2. The van der Waals surface area contributed by atoms with E-state index in [1.807, 2.05) is 86.6 Å². The Bertz CT molecular complexity index is 2000. The summed E-state index contributed by atoms with van der Waals surface area (Å²) in [6.45, 7) is 4.80. The van der Waals surface area contributed by atoms with Crippen molar-refractivity contribution in [2.45, 2.75) is 31.5 Å². The number of rotatable bonds is 10. The van der Waals surface area contributed by atoms with Gasteiger partial charge in [0.2, 0.25) is 0 Å². The molecule has 10 heteroatoms. The molecule has 47 heavy (non-hydrogen) atoms. The Hall–Kier alpha value is -4.80. The number of anilines is 3. The molecule has 8 nitrogen and oxygen atoms in total. The maximum atomic E-state index is 14.7. The van der Waals surface area contributed by atoms with Gasteiger partial charge in [0.25, 0.3) is 15.9 Å². The molecule has 1 atom stereocenters. The molecule has 5 aromatic carbocycles. The van der Waals surface area contributed by atoms with E-state index in [0.717, 1.165) is 21.2 Å². The Kier molecular flexibility index (Phi) is 9.24. The fourth-order valence-corrected chi connectivity index (χ4v) is 7.21. The van der Waals surface area contributed by atoms with Gasteiger partial charge in [-0.2, -0.15) is 0 Å². The van der Waals surface area contributed by atoms with E-state index < -0.39 is 16.2 Å². The lowest BCUT2D eigenvalue weighted by molar-refractivity contribution is 0.0967. The summed E-state index contributed by atoms with van der Waals surface area (Å²) < 4.78 is 42.1. The molecule has 0 radical (unpaired) electrons. The average Bonchev–Trinajstić information content (AvgIpc) is 3.07. The Labute approximate surface area is 283 Å². The van der Waals surface area contributed by atoms with Gasteiger partial charge in [0.05, 0.1) is 29.9 Å². The van der Waals surface area contributed by atoms with E-state index in [-0.39, 0.29) is 16.4 Å². The molecular weight excluding hydrogens is 678 g/mol. The monoisotopic (exact) mass is 711 g/mol. The number of hydrogen-bond acceptors (Lipinski definition) is 6. The van der Waals surface area contributed by atoms with Crippen LogP contribution in [0.15, 0.2) is 125 Å². The number of methoxy groups -OCH3 is 1. The van der Waals surface area contributed by atoms with Crippen molar-refractivity contribution in [3.05, 3.63) is 142 Å². The number of carbonyl (C=O) groups excluding carboxylic acids is 1. The van der Waals surface area contributed by atoms with Crippen molar-refractivity contribution in [3.63, 3.8) is 0 Å². The molecule has 6 rings (SSSR count). The van der Waals surface area contributed by atoms with Crippen molar-refractivity contribution in [2.24, 2.45) is 0 Å². The Morgan fingerprint density at radius 1 is 0.872 bits per heavy atom. The standard InChI is InChI=1S/C37H34BrN3O5S/c1-4-46-30-17-13-28(14-18-30)39-47(43,44)31-19-20-34-32(23-31)37(42)41(29-15-10-25(2)11-16-29)36(33-22-27(38)12-21-35(33)45-3)40(34)24-26-8-6-5-7-9-26/h5-23,36,39H,4,24H2,1-3H3/t36-/m0/s1. The van der Waals surface area contributed by atoms with Crippen molar-refractivity contribution in [3.8, 4) is 11.5 Å². The molecule has 1 aliphatic rings. The molecule has 1 heterocycles. The number of halogens is 1. The highest BCUT2D eigenvalue weighted by atomic mass is 79.9. The van der Waals surface area contributed by atoms with Crippen LogP contribution in [-0.2, 0) is 16.6 Å². The molecule has 0 unspecified atom stereocenters. The summed E-state index contributed by atoms with van der Waals surface area (Å²) in [7, 11) is -2.44. The van der Waals surface area contributed by atoms with Crippen LogP contribution in [-0.4, -0.2) is 28.0 Å². The first-order valence-electron chi connectivity index (χ1n) is 15.1. The van der Waals surface area contributed by atoms with Gasteiger partial charge in [0.1, 0.15) is 17.7 Å². The number of nitrogens with zero attached hydrogens (tertiary/aromatic N) is 2. The minimum Gasteiger partial charge on any atom is -0.496 e. The van der Waals surface area contributed by atoms with Gasteiger partial charge in [-0.05, 0) is 92.2 Å². The van der Waals surface area contributed by atoms with Gasteiger partial charge < -0.3 is 14.4 Å². The molecule has 0 saturated heterocycles. The molecule has 1 N–H and O–H groups in total. The first-order chi connectivity index (χ1) is 22.7. The predicted octanol–water partition coefficient (Wildman–Crippen LogP) is 8.33. The fraction of sp³-hybridized carbons (Fsp3) is 0.162. The molecule has 0 aliphatic carbocycles. The van der Waals surface area contributed by atoms with Crippen LogP contribution in [0.5, 0.6) is 11.5 Å². The van der Waals surface area contributed by atoms with Crippen LogP contribution in [0.3, 0.4) is 0 Å². The Morgan fingerprint density at radius 3 is 2.28 bits per heavy atom. The van der Waals surface area contributed by atoms with Gasteiger partial charge in [0.15, 0.2) is 0 Å². The molecular formula is C37H34BrN3O5S. The van der Waals surface area contributed by atoms with E-state index in [9.17, 15) is 13.2 Å². The van der Waals surface area contributed by atoms with Crippen molar-refractivity contribution in [2.75, 3.05) is 28.2 Å². The number of aryl methyl sites for hydroxylation is 1. The molecule has 1 aliphatic heterocycles. The van der Waals surface area contributed by atoms with Gasteiger partial charge in [-0.1, -0.05) is 64.0 Å².